The molecule has 1 unspecified atom stereocenters. The SMILES string of the molecule is CCOC(=O)CC1CN(c2ccc(N)cc2)CCN1C. The quantitative estimate of drug-likeness (QED) is 0.665. The lowest BCUT2D eigenvalue weighted by Gasteiger charge is -2.40. The monoisotopic (exact) mass is 277 g/mol. The van der Waals surface area contributed by atoms with E-state index in [1.165, 1.54) is 0 Å². The van der Waals surface area contributed by atoms with Gasteiger partial charge < -0.3 is 15.4 Å². The van der Waals surface area contributed by atoms with E-state index in [-0.39, 0.29) is 12.0 Å². The molecule has 110 valence electrons. The van der Waals surface area contributed by atoms with Crippen LogP contribution in [0.3, 0.4) is 0 Å². The Morgan fingerprint density at radius 1 is 1.35 bits per heavy atom. The normalized spacial score (nSPS) is 19.9. The summed E-state index contributed by atoms with van der Waals surface area (Å²) in [5, 5.41) is 0. The maximum atomic E-state index is 11.7. The summed E-state index contributed by atoms with van der Waals surface area (Å²) in [4.78, 5) is 16.2. The van der Waals surface area contributed by atoms with Crippen molar-refractivity contribution in [3.8, 4) is 0 Å². The Bertz CT molecular complexity index is 447. The number of hydrogen-bond acceptors (Lipinski definition) is 5. The fourth-order valence-corrected chi connectivity index (χ4v) is 2.50. The molecule has 5 heteroatoms. The number of carbonyl (C=O) groups is 1. The zero-order valence-electron chi connectivity index (χ0n) is 12.2. The number of nitrogen functional groups attached to an aromatic ring is 1. The summed E-state index contributed by atoms with van der Waals surface area (Å²) < 4.78 is 5.05. The highest BCUT2D eigenvalue weighted by Gasteiger charge is 2.26. The number of carbonyl (C=O) groups excluding carboxylic acids is 1. The number of benzene rings is 1. The van der Waals surface area contributed by atoms with E-state index in [2.05, 4.69) is 16.8 Å². The van der Waals surface area contributed by atoms with Crippen LogP contribution in [-0.4, -0.2) is 50.2 Å². The number of ether oxygens (including phenoxy) is 1. The molecule has 1 atom stereocenters. The van der Waals surface area contributed by atoms with E-state index in [9.17, 15) is 4.79 Å². The smallest absolute Gasteiger partial charge is 0.307 e. The molecule has 0 aromatic heterocycles. The second kappa shape index (κ2) is 6.61. The van der Waals surface area contributed by atoms with Crippen molar-refractivity contribution in [1.82, 2.24) is 4.90 Å². The molecule has 1 aliphatic heterocycles. The van der Waals surface area contributed by atoms with Crippen molar-refractivity contribution in [2.45, 2.75) is 19.4 Å². The van der Waals surface area contributed by atoms with E-state index in [0.717, 1.165) is 31.0 Å². The van der Waals surface area contributed by atoms with Gasteiger partial charge in [0, 0.05) is 37.1 Å². The molecule has 0 amide bonds. The minimum atomic E-state index is -0.122. The summed E-state index contributed by atoms with van der Waals surface area (Å²) in [7, 11) is 2.06. The summed E-state index contributed by atoms with van der Waals surface area (Å²) in [6.07, 6.45) is 0.440. The number of anilines is 2. The summed E-state index contributed by atoms with van der Waals surface area (Å²) >= 11 is 0. The van der Waals surface area contributed by atoms with Gasteiger partial charge in [-0.1, -0.05) is 0 Å². The highest BCUT2D eigenvalue weighted by atomic mass is 16.5. The average Bonchev–Trinajstić information content (AvgIpc) is 2.42. The summed E-state index contributed by atoms with van der Waals surface area (Å²) in [5.41, 5.74) is 7.64. The maximum Gasteiger partial charge on any atom is 0.307 e. The van der Waals surface area contributed by atoms with Crippen molar-refractivity contribution in [1.29, 1.82) is 0 Å². The van der Waals surface area contributed by atoms with Crippen LogP contribution in [-0.2, 0) is 9.53 Å². The Morgan fingerprint density at radius 3 is 2.70 bits per heavy atom. The van der Waals surface area contributed by atoms with E-state index in [1.54, 1.807) is 0 Å². The third-order valence-electron chi connectivity index (χ3n) is 3.74. The van der Waals surface area contributed by atoms with Gasteiger partial charge in [0.25, 0.3) is 0 Å². The molecule has 1 saturated heterocycles. The van der Waals surface area contributed by atoms with Gasteiger partial charge in [-0.15, -0.1) is 0 Å². The third kappa shape index (κ3) is 3.63. The van der Waals surface area contributed by atoms with Crippen molar-refractivity contribution < 1.29 is 9.53 Å². The molecule has 0 radical (unpaired) electrons. The van der Waals surface area contributed by atoms with Gasteiger partial charge in [-0.3, -0.25) is 9.69 Å². The van der Waals surface area contributed by atoms with Gasteiger partial charge in [0.1, 0.15) is 0 Å². The van der Waals surface area contributed by atoms with E-state index >= 15 is 0 Å². The molecule has 0 spiro atoms. The Balaban J connectivity index is 2.00. The van der Waals surface area contributed by atoms with Crippen LogP contribution in [0.1, 0.15) is 13.3 Å². The van der Waals surface area contributed by atoms with E-state index in [4.69, 9.17) is 10.5 Å². The lowest BCUT2D eigenvalue weighted by atomic mass is 10.1. The molecular weight excluding hydrogens is 254 g/mol. The maximum absolute atomic E-state index is 11.7. The topological polar surface area (TPSA) is 58.8 Å². The molecule has 1 fully saturated rings. The van der Waals surface area contributed by atoms with Gasteiger partial charge in [0.2, 0.25) is 0 Å². The molecule has 1 aromatic rings. The van der Waals surface area contributed by atoms with Crippen LogP contribution >= 0.6 is 0 Å². The first kappa shape index (κ1) is 14.7. The molecular formula is C15H23N3O2. The zero-order valence-corrected chi connectivity index (χ0v) is 12.2. The predicted molar refractivity (Wildman–Crippen MR) is 80.7 cm³/mol. The van der Waals surface area contributed by atoms with Gasteiger partial charge in [-0.05, 0) is 38.2 Å². The van der Waals surface area contributed by atoms with E-state index in [1.807, 2.05) is 31.2 Å². The molecule has 1 aliphatic rings. The minimum absolute atomic E-state index is 0.122. The lowest BCUT2D eigenvalue weighted by Crippen LogP contribution is -2.52. The highest BCUT2D eigenvalue weighted by molar-refractivity contribution is 5.70. The largest absolute Gasteiger partial charge is 0.466 e. The fraction of sp³-hybridized carbons (Fsp3) is 0.533. The van der Waals surface area contributed by atoms with Gasteiger partial charge in [0.05, 0.1) is 13.0 Å². The number of hydrogen-bond donors (Lipinski definition) is 1. The number of nitrogens with two attached hydrogens (primary N) is 1. The number of rotatable bonds is 4. The Morgan fingerprint density at radius 2 is 2.05 bits per heavy atom. The van der Waals surface area contributed by atoms with Crippen molar-refractivity contribution in [3.63, 3.8) is 0 Å². The molecule has 2 N–H and O–H groups in total. The number of nitrogens with zero attached hydrogens (tertiary/aromatic N) is 2. The molecule has 0 saturated carbocycles. The van der Waals surface area contributed by atoms with Crippen LogP contribution in [0.2, 0.25) is 0 Å². The first-order valence-electron chi connectivity index (χ1n) is 7.06. The molecule has 20 heavy (non-hydrogen) atoms. The summed E-state index contributed by atoms with van der Waals surface area (Å²) in [6.45, 7) is 5.01. The van der Waals surface area contributed by atoms with Gasteiger partial charge in [-0.2, -0.15) is 0 Å². The van der Waals surface area contributed by atoms with Gasteiger partial charge in [0.15, 0.2) is 0 Å². The Kier molecular flexibility index (Phi) is 4.84. The number of likely N-dealkylation sites (N-methyl/N-ethyl adjacent to an activating group) is 1. The lowest BCUT2D eigenvalue weighted by molar-refractivity contribution is -0.144. The van der Waals surface area contributed by atoms with Crippen LogP contribution in [0.4, 0.5) is 11.4 Å². The fourth-order valence-electron chi connectivity index (χ4n) is 2.50. The molecule has 1 heterocycles. The van der Waals surface area contributed by atoms with Crippen molar-refractivity contribution in [2.24, 2.45) is 0 Å². The standard InChI is InChI=1S/C15H23N3O2/c1-3-20-15(19)10-14-11-18(9-8-17(14)2)13-6-4-12(16)5-7-13/h4-7,14H,3,8-11,16H2,1-2H3. The Hall–Kier alpha value is -1.75. The molecule has 2 rings (SSSR count). The summed E-state index contributed by atoms with van der Waals surface area (Å²) in [5.74, 6) is -0.122. The molecule has 1 aromatic carbocycles. The second-order valence-corrected chi connectivity index (χ2v) is 5.18. The van der Waals surface area contributed by atoms with E-state index < -0.39 is 0 Å². The minimum Gasteiger partial charge on any atom is -0.466 e. The van der Waals surface area contributed by atoms with Crippen LogP contribution in [0.25, 0.3) is 0 Å². The van der Waals surface area contributed by atoms with Crippen LogP contribution in [0.5, 0.6) is 0 Å². The zero-order chi connectivity index (χ0) is 14.5. The molecule has 0 bridgehead atoms. The van der Waals surface area contributed by atoms with Gasteiger partial charge in [-0.25, -0.2) is 0 Å². The Labute approximate surface area is 120 Å². The average molecular weight is 277 g/mol. The van der Waals surface area contributed by atoms with Crippen LogP contribution in [0.15, 0.2) is 24.3 Å². The summed E-state index contributed by atoms with van der Waals surface area (Å²) in [6, 6.07) is 8.08. The van der Waals surface area contributed by atoms with Crippen LogP contribution in [0, 0.1) is 0 Å². The number of esters is 1. The molecule has 5 nitrogen and oxygen atoms in total. The molecule has 0 aliphatic carbocycles. The van der Waals surface area contributed by atoms with E-state index in [0.29, 0.717) is 13.0 Å². The van der Waals surface area contributed by atoms with Crippen molar-refractivity contribution >= 4 is 17.3 Å². The van der Waals surface area contributed by atoms with Crippen molar-refractivity contribution in [2.75, 3.05) is 43.9 Å². The first-order valence-corrected chi connectivity index (χ1v) is 7.06. The predicted octanol–water partition coefficient (Wildman–Crippen LogP) is 1.34. The van der Waals surface area contributed by atoms with Crippen LogP contribution < -0.4 is 10.6 Å². The second-order valence-electron chi connectivity index (χ2n) is 5.18. The first-order chi connectivity index (χ1) is 9.60. The number of piperazine rings is 1. The third-order valence-corrected chi connectivity index (χ3v) is 3.74. The van der Waals surface area contributed by atoms with Gasteiger partial charge >= 0.3 is 5.97 Å². The van der Waals surface area contributed by atoms with Crippen molar-refractivity contribution in [3.05, 3.63) is 24.3 Å². The highest BCUT2D eigenvalue weighted by Crippen LogP contribution is 2.21.